The lowest BCUT2D eigenvalue weighted by Crippen LogP contribution is -2.41. The van der Waals surface area contributed by atoms with Gasteiger partial charge in [-0.2, -0.15) is 0 Å². The van der Waals surface area contributed by atoms with Gasteiger partial charge in [-0.25, -0.2) is 8.42 Å². The summed E-state index contributed by atoms with van der Waals surface area (Å²) in [5.41, 5.74) is 0.310. The molecule has 0 unspecified atom stereocenters. The maximum absolute atomic E-state index is 12.5. The first kappa shape index (κ1) is 15.6. The van der Waals surface area contributed by atoms with E-state index in [0.29, 0.717) is 28.6 Å². The average molecular weight is 336 g/mol. The van der Waals surface area contributed by atoms with E-state index in [-0.39, 0.29) is 23.5 Å². The molecule has 2 rings (SSSR count). The van der Waals surface area contributed by atoms with Crippen LogP contribution in [-0.4, -0.2) is 43.3 Å². The van der Waals surface area contributed by atoms with Crippen molar-refractivity contribution in [2.75, 3.05) is 18.1 Å². The Bertz CT molecular complexity index is 631. The number of sulfone groups is 1. The highest BCUT2D eigenvalue weighted by Gasteiger charge is 2.34. The van der Waals surface area contributed by atoms with Crippen molar-refractivity contribution >= 4 is 38.9 Å². The van der Waals surface area contributed by atoms with Crippen molar-refractivity contribution in [2.24, 2.45) is 0 Å². The Morgan fingerprint density at radius 3 is 2.65 bits per heavy atom. The summed E-state index contributed by atoms with van der Waals surface area (Å²) < 4.78 is 23.1. The summed E-state index contributed by atoms with van der Waals surface area (Å²) in [5.74, 6) is -0.128. The fourth-order valence-electron chi connectivity index (χ4n) is 2.40. The second-order valence-corrected chi connectivity index (χ2v) is 7.84. The number of nitrogens with zero attached hydrogens (tertiary/aromatic N) is 1. The molecule has 0 bridgehead atoms. The molecular weight excluding hydrogens is 321 g/mol. The van der Waals surface area contributed by atoms with E-state index in [9.17, 15) is 13.2 Å². The third kappa shape index (κ3) is 3.27. The Hall–Kier alpha value is -0.780. The van der Waals surface area contributed by atoms with Crippen LogP contribution in [0.3, 0.4) is 0 Å². The third-order valence-electron chi connectivity index (χ3n) is 3.41. The van der Waals surface area contributed by atoms with Gasteiger partial charge in [-0.1, -0.05) is 23.2 Å². The van der Waals surface area contributed by atoms with Crippen LogP contribution in [0.2, 0.25) is 10.0 Å². The van der Waals surface area contributed by atoms with Crippen molar-refractivity contribution in [1.29, 1.82) is 0 Å². The van der Waals surface area contributed by atoms with Gasteiger partial charge < -0.3 is 4.90 Å². The summed E-state index contributed by atoms with van der Waals surface area (Å²) in [7, 11) is -3.04. The molecule has 0 N–H and O–H groups in total. The van der Waals surface area contributed by atoms with Gasteiger partial charge in [0.05, 0.1) is 22.1 Å². The molecule has 1 saturated heterocycles. The first-order valence-corrected chi connectivity index (χ1v) is 8.88. The van der Waals surface area contributed by atoms with E-state index in [1.807, 2.05) is 6.92 Å². The van der Waals surface area contributed by atoms with Crippen LogP contribution in [0.1, 0.15) is 23.7 Å². The standard InChI is InChI=1S/C13H15Cl2NO3S/c1-2-16(10-5-6-20(18,19)8-10)13(17)11-7-9(14)3-4-12(11)15/h3-4,7,10H,2,5-6,8H2,1H3/t10-/m0/s1. The zero-order valence-electron chi connectivity index (χ0n) is 11.0. The number of amides is 1. The molecule has 0 saturated carbocycles. The van der Waals surface area contributed by atoms with Crippen LogP contribution >= 0.6 is 23.2 Å². The van der Waals surface area contributed by atoms with E-state index in [4.69, 9.17) is 23.2 Å². The van der Waals surface area contributed by atoms with Gasteiger partial charge in [0, 0.05) is 17.6 Å². The molecule has 1 aromatic carbocycles. The predicted molar refractivity (Wildman–Crippen MR) is 80.2 cm³/mol. The maximum atomic E-state index is 12.5. The summed E-state index contributed by atoms with van der Waals surface area (Å²) in [5, 5.41) is 0.742. The van der Waals surface area contributed by atoms with Gasteiger partial charge in [0.15, 0.2) is 9.84 Å². The van der Waals surface area contributed by atoms with E-state index >= 15 is 0 Å². The van der Waals surface area contributed by atoms with Gasteiger partial charge in [0.1, 0.15) is 0 Å². The first-order chi connectivity index (χ1) is 9.34. The SMILES string of the molecule is CCN(C(=O)c1cc(Cl)ccc1Cl)[C@H]1CCS(=O)(=O)C1. The minimum absolute atomic E-state index is 0.0186. The Morgan fingerprint density at radius 2 is 2.10 bits per heavy atom. The molecule has 1 aromatic rings. The van der Waals surface area contributed by atoms with Gasteiger partial charge in [-0.05, 0) is 31.5 Å². The minimum Gasteiger partial charge on any atom is -0.335 e. The van der Waals surface area contributed by atoms with Gasteiger partial charge >= 0.3 is 0 Å². The molecule has 0 aromatic heterocycles. The summed E-state index contributed by atoms with van der Waals surface area (Å²) >= 11 is 11.9. The number of benzene rings is 1. The lowest BCUT2D eigenvalue weighted by molar-refractivity contribution is 0.0708. The minimum atomic E-state index is -3.04. The van der Waals surface area contributed by atoms with Gasteiger partial charge in [0.2, 0.25) is 0 Å². The highest BCUT2D eigenvalue weighted by molar-refractivity contribution is 7.91. The van der Waals surface area contributed by atoms with E-state index < -0.39 is 9.84 Å². The molecule has 1 aliphatic heterocycles. The number of rotatable bonds is 3. The molecule has 0 aliphatic carbocycles. The van der Waals surface area contributed by atoms with Crippen LogP contribution in [0.5, 0.6) is 0 Å². The highest BCUT2D eigenvalue weighted by Crippen LogP contribution is 2.25. The van der Waals surface area contributed by atoms with Gasteiger partial charge in [0.25, 0.3) is 5.91 Å². The van der Waals surface area contributed by atoms with Crippen molar-refractivity contribution in [3.63, 3.8) is 0 Å². The van der Waals surface area contributed by atoms with E-state index in [0.717, 1.165) is 0 Å². The molecule has 1 heterocycles. The molecule has 0 radical (unpaired) electrons. The Morgan fingerprint density at radius 1 is 1.40 bits per heavy atom. The van der Waals surface area contributed by atoms with Crippen LogP contribution in [0.4, 0.5) is 0 Å². The van der Waals surface area contributed by atoms with E-state index in [2.05, 4.69) is 0 Å². The van der Waals surface area contributed by atoms with Crippen molar-refractivity contribution in [3.05, 3.63) is 33.8 Å². The number of hydrogen-bond donors (Lipinski definition) is 0. The third-order valence-corrected chi connectivity index (χ3v) is 5.72. The number of carbonyl (C=O) groups is 1. The van der Waals surface area contributed by atoms with Crippen molar-refractivity contribution < 1.29 is 13.2 Å². The molecule has 1 fully saturated rings. The van der Waals surface area contributed by atoms with Crippen molar-refractivity contribution in [3.8, 4) is 0 Å². The van der Waals surface area contributed by atoms with Crippen LogP contribution < -0.4 is 0 Å². The number of hydrogen-bond acceptors (Lipinski definition) is 3. The zero-order valence-corrected chi connectivity index (χ0v) is 13.3. The predicted octanol–water partition coefficient (Wildman–Crippen LogP) is 2.64. The Kier molecular flexibility index (Phi) is 4.62. The average Bonchev–Trinajstić information content (AvgIpc) is 2.73. The summed E-state index contributed by atoms with van der Waals surface area (Å²) in [6.07, 6.45) is 0.472. The summed E-state index contributed by atoms with van der Waals surface area (Å²) in [6, 6.07) is 4.40. The topological polar surface area (TPSA) is 54.5 Å². The van der Waals surface area contributed by atoms with E-state index in [1.54, 1.807) is 17.0 Å². The van der Waals surface area contributed by atoms with E-state index in [1.165, 1.54) is 6.07 Å². The lowest BCUT2D eigenvalue weighted by Gasteiger charge is -2.27. The second kappa shape index (κ2) is 5.92. The van der Waals surface area contributed by atoms with Crippen LogP contribution in [0, 0.1) is 0 Å². The smallest absolute Gasteiger partial charge is 0.255 e. The fraction of sp³-hybridized carbons (Fsp3) is 0.462. The molecular formula is C13H15Cl2NO3S. The molecule has 20 heavy (non-hydrogen) atoms. The quantitative estimate of drug-likeness (QED) is 0.853. The van der Waals surface area contributed by atoms with Crippen molar-refractivity contribution in [1.82, 2.24) is 4.90 Å². The van der Waals surface area contributed by atoms with Crippen LogP contribution in [0.25, 0.3) is 0 Å². The monoisotopic (exact) mass is 335 g/mol. The Labute approximate surface area is 128 Å². The maximum Gasteiger partial charge on any atom is 0.255 e. The molecule has 1 atom stereocenters. The summed E-state index contributed by atoms with van der Waals surface area (Å²) in [4.78, 5) is 14.1. The molecule has 7 heteroatoms. The lowest BCUT2D eigenvalue weighted by atomic mass is 10.1. The van der Waals surface area contributed by atoms with Gasteiger partial charge in [-0.3, -0.25) is 4.79 Å². The molecule has 1 amide bonds. The van der Waals surface area contributed by atoms with Crippen LogP contribution in [0.15, 0.2) is 18.2 Å². The Balaban J connectivity index is 2.28. The van der Waals surface area contributed by atoms with Gasteiger partial charge in [-0.15, -0.1) is 0 Å². The first-order valence-electron chi connectivity index (χ1n) is 6.30. The molecule has 1 aliphatic rings. The normalized spacial score (nSPS) is 20.9. The second-order valence-electron chi connectivity index (χ2n) is 4.77. The molecule has 0 spiro atoms. The number of carbonyl (C=O) groups excluding carboxylic acids is 1. The van der Waals surface area contributed by atoms with Crippen LogP contribution in [-0.2, 0) is 9.84 Å². The zero-order chi connectivity index (χ0) is 14.9. The number of halogens is 2. The summed E-state index contributed by atoms with van der Waals surface area (Å²) in [6.45, 7) is 2.25. The highest BCUT2D eigenvalue weighted by atomic mass is 35.5. The van der Waals surface area contributed by atoms with Crippen molar-refractivity contribution in [2.45, 2.75) is 19.4 Å². The largest absolute Gasteiger partial charge is 0.335 e. The fourth-order valence-corrected chi connectivity index (χ4v) is 4.51. The molecule has 110 valence electrons. The molecule has 4 nitrogen and oxygen atoms in total.